The first-order valence-electron chi connectivity index (χ1n) is 9.95. The Bertz CT molecular complexity index is 308. The van der Waals surface area contributed by atoms with Crippen LogP contribution >= 0.6 is 0 Å². The first-order valence-corrected chi connectivity index (χ1v) is 11.9. The van der Waals surface area contributed by atoms with Crippen LogP contribution in [0.5, 0.6) is 0 Å². The van der Waals surface area contributed by atoms with Crippen molar-refractivity contribution in [3.05, 3.63) is 0 Å². The Morgan fingerprint density at radius 2 is 1.24 bits per heavy atom. The highest BCUT2D eigenvalue weighted by molar-refractivity contribution is 6.60. The van der Waals surface area contributed by atoms with E-state index in [4.69, 9.17) is 13.3 Å². The Balaban J connectivity index is 2.33. The summed E-state index contributed by atoms with van der Waals surface area (Å²) in [5.41, 5.74) is 0. The van der Waals surface area contributed by atoms with Crippen molar-refractivity contribution in [2.75, 3.05) is 79.9 Å². The fraction of sp³-hybridized carbons (Fsp3) is 1.00. The van der Waals surface area contributed by atoms with Crippen LogP contribution in [0.3, 0.4) is 0 Å². The average Bonchev–Trinajstić information content (AvgIpc) is 2.66. The fourth-order valence-corrected chi connectivity index (χ4v) is 5.02. The van der Waals surface area contributed by atoms with Gasteiger partial charge >= 0.3 is 8.80 Å². The Morgan fingerprint density at radius 1 is 0.760 bits per heavy atom. The van der Waals surface area contributed by atoms with Crippen LogP contribution in [0, 0.1) is 0 Å². The van der Waals surface area contributed by atoms with Crippen molar-refractivity contribution < 1.29 is 13.3 Å². The fourth-order valence-electron chi connectivity index (χ4n) is 3.27. The molecule has 0 aliphatic carbocycles. The zero-order valence-electron chi connectivity index (χ0n) is 17.3. The molecular weight excluding hydrogens is 334 g/mol. The van der Waals surface area contributed by atoms with Gasteiger partial charge in [-0.2, -0.15) is 0 Å². The minimum Gasteiger partial charge on any atom is -0.376 e. The Labute approximate surface area is 156 Å². The molecule has 1 heterocycles. The van der Waals surface area contributed by atoms with Crippen molar-refractivity contribution in [2.24, 2.45) is 0 Å². The van der Waals surface area contributed by atoms with Crippen molar-refractivity contribution in [1.82, 2.24) is 14.7 Å². The van der Waals surface area contributed by atoms with Gasteiger partial charge in [-0.3, -0.25) is 9.80 Å². The molecule has 0 radical (unpaired) electrons. The molecule has 0 aromatic heterocycles. The zero-order valence-corrected chi connectivity index (χ0v) is 18.3. The van der Waals surface area contributed by atoms with Gasteiger partial charge in [0, 0.05) is 60.6 Å². The van der Waals surface area contributed by atoms with Crippen LogP contribution in [-0.2, 0) is 13.3 Å². The second-order valence-electron chi connectivity index (χ2n) is 6.96. The van der Waals surface area contributed by atoms with Gasteiger partial charge in [0.15, 0.2) is 0 Å². The predicted octanol–water partition coefficient (Wildman–Crippen LogP) is 1.92. The highest BCUT2D eigenvalue weighted by atomic mass is 28.4. The maximum absolute atomic E-state index is 5.55. The van der Waals surface area contributed by atoms with Gasteiger partial charge in [0.2, 0.25) is 0 Å². The third-order valence-corrected chi connectivity index (χ3v) is 7.90. The largest absolute Gasteiger partial charge is 0.514 e. The normalized spacial score (nSPS) is 17.5. The van der Waals surface area contributed by atoms with E-state index >= 15 is 0 Å². The Hall–Kier alpha value is -0.0231. The number of hydrogen-bond donors (Lipinski definition) is 0. The third kappa shape index (κ3) is 8.47. The van der Waals surface area contributed by atoms with Gasteiger partial charge in [0.25, 0.3) is 0 Å². The Kier molecular flexibility index (Phi) is 12.1. The summed E-state index contributed by atoms with van der Waals surface area (Å²) < 4.78 is 16.7. The molecule has 0 unspecified atom stereocenters. The smallest absolute Gasteiger partial charge is 0.376 e. The maximum atomic E-state index is 5.55. The lowest BCUT2D eigenvalue weighted by molar-refractivity contribution is 0.0793. The van der Waals surface area contributed by atoms with E-state index in [9.17, 15) is 0 Å². The molecule has 1 aliphatic rings. The van der Waals surface area contributed by atoms with E-state index in [1.807, 2.05) is 0 Å². The van der Waals surface area contributed by atoms with Gasteiger partial charge in [0.05, 0.1) is 6.17 Å². The van der Waals surface area contributed by atoms with Crippen molar-refractivity contribution in [1.29, 1.82) is 0 Å². The highest BCUT2D eigenvalue weighted by Crippen LogP contribution is 2.11. The molecular formula is C18H41N3O3Si. The molecule has 0 saturated carbocycles. The molecule has 0 amide bonds. The number of rotatable bonds is 14. The SMILES string of the molecule is CCCCN(CCCC)CCN1CCN(C[Si](OC)(OC)OC)CC1. The number of nitrogens with zero attached hydrogens (tertiary/aromatic N) is 3. The minimum absolute atomic E-state index is 0.781. The van der Waals surface area contributed by atoms with Gasteiger partial charge in [-0.05, 0) is 25.9 Å². The van der Waals surface area contributed by atoms with Crippen molar-refractivity contribution in [3.8, 4) is 0 Å². The monoisotopic (exact) mass is 375 g/mol. The lowest BCUT2D eigenvalue weighted by Gasteiger charge is -2.38. The van der Waals surface area contributed by atoms with E-state index in [1.165, 1.54) is 51.9 Å². The first kappa shape index (κ1) is 23.0. The van der Waals surface area contributed by atoms with Crippen LogP contribution in [-0.4, -0.2) is 103 Å². The van der Waals surface area contributed by atoms with Crippen LogP contribution in [0.15, 0.2) is 0 Å². The van der Waals surface area contributed by atoms with Crippen molar-refractivity contribution >= 4 is 8.80 Å². The van der Waals surface area contributed by atoms with Gasteiger partial charge in [0.1, 0.15) is 0 Å². The van der Waals surface area contributed by atoms with Gasteiger partial charge in [-0.15, -0.1) is 0 Å². The molecule has 0 spiro atoms. The molecule has 0 aromatic carbocycles. The minimum atomic E-state index is -2.49. The Morgan fingerprint density at radius 3 is 1.68 bits per heavy atom. The molecule has 1 fully saturated rings. The number of piperazine rings is 1. The molecule has 150 valence electrons. The summed E-state index contributed by atoms with van der Waals surface area (Å²) in [5, 5.41) is 0. The van der Waals surface area contributed by atoms with Gasteiger partial charge in [-0.25, -0.2) is 0 Å². The summed E-state index contributed by atoms with van der Waals surface area (Å²) >= 11 is 0. The maximum Gasteiger partial charge on any atom is 0.514 e. The predicted molar refractivity (Wildman–Crippen MR) is 106 cm³/mol. The summed E-state index contributed by atoms with van der Waals surface area (Å²) in [4.78, 5) is 7.67. The lowest BCUT2D eigenvalue weighted by atomic mass is 10.2. The van der Waals surface area contributed by atoms with E-state index in [2.05, 4.69) is 28.5 Å². The van der Waals surface area contributed by atoms with E-state index in [-0.39, 0.29) is 0 Å². The molecule has 6 nitrogen and oxygen atoms in total. The van der Waals surface area contributed by atoms with Gasteiger partial charge < -0.3 is 18.2 Å². The third-order valence-electron chi connectivity index (χ3n) is 5.20. The number of hydrogen-bond acceptors (Lipinski definition) is 6. The van der Waals surface area contributed by atoms with Gasteiger partial charge in [-0.1, -0.05) is 26.7 Å². The molecule has 7 heteroatoms. The molecule has 0 atom stereocenters. The highest BCUT2D eigenvalue weighted by Gasteiger charge is 2.40. The molecule has 0 N–H and O–H groups in total. The van der Waals surface area contributed by atoms with E-state index in [0.29, 0.717) is 0 Å². The summed E-state index contributed by atoms with van der Waals surface area (Å²) in [6, 6.07) is 0. The summed E-state index contributed by atoms with van der Waals surface area (Å²) in [6.07, 6.45) is 5.98. The van der Waals surface area contributed by atoms with E-state index < -0.39 is 8.80 Å². The topological polar surface area (TPSA) is 37.4 Å². The van der Waals surface area contributed by atoms with Crippen LogP contribution in [0.4, 0.5) is 0 Å². The van der Waals surface area contributed by atoms with Crippen molar-refractivity contribution in [2.45, 2.75) is 39.5 Å². The molecule has 0 aromatic rings. The molecule has 0 bridgehead atoms. The van der Waals surface area contributed by atoms with Crippen LogP contribution in [0.2, 0.25) is 0 Å². The van der Waals surface area contributed by atoms with Crippen LogP contribution < -0.4 is 0 Å². The van der Waals surface area contributed by atoms with Crippen LogP contribution in [0.25, 0.3) is 0 Å². The standard InChI is InChI=1S/C18H41N3O3Si/c1-6-8-10-19(11-9-7-2)12-13-20-14-16-21(17-15-20)18-25(22-3,23-4)24-5/h6-18H2,1-5H3. The summed E-state index contributed by atoms with van der Waals surface area (Å²) in [5.74, 6) is 0. The lowest BCUT2D eigenvalue weighted by Crippen LogP contribution is -2.58. The second-order valence-corrected chi connectivity index (χ2v) is 9.87. The molecule has 1 saturated heterocycles. The van der Waals surface area contributed by atoms with Crippen LogP contribution in [0.1, 0.15) is 39.5 Å². The quantitative estimate of drug-likeness (QED) is 0.432. The van der Waals surface area contributed by atoms with Crippen molar-refractivity contribution in [3.63, 3.8) is 0 Å². The molecule has 1 rings (SSSR count). The summed E-state index contributed by atoms with van der Waals surface area (Å²) in [6.45, 7) is 13.8. The first-order chi connectivity index (χ1) is 12.1. The zero-order chi connectivity index (χ0) is 18.5. The number of unbranched alkanes of at least 4 members (excludes halogenated alkanes) is 2. The molecule has 1 aliphatic heterocycles. The van der Waals surface area contributed by atoms with E-state index in [1.54, 1.807) is 21.3 Å². The molecule has 25 heavy (non-hydrogen) atoms. The second kappa shape index (κ2) is 13.2. The summed E-state index contributed by atoms with van der Waals surface area (Å²) in [7, 11) is 2.58. The van der Waals surface area contributed by atoms with E-state index in [0.717, 1.165) is 32.3 Å². The average molecular weight is 376 g/mol.